The fourth-order valence-corrected chi connectivity index (χ4v) is 8.32. The molecule has 236 valence electrons. The van der Waals surface area contributed by atoms with Crippen LogP contribution in [-0.2, 0) is 15.9 Å². The Morgan fingerprint density at radius 3 is 2.20 bits per heavy atom. The summed E-state index contributed by atoms with van der Waals surface area (Å²) in [6.07, 6.45) is 6.64. The van der Waals surface area contributed by atoms with E-state index in [1.54, 1.807) is 30.3 Å². The number of ether oxygens (including phenoxy) is 2. The topological polar surface area (TPSA) is 95.7 Å². The second-order valence-electron chi connectivity index (χ2n) is 13.0. The van der Waals surface area contributed by atoms with Gasteiger partial charge in [-0.3, -0.25) is 9.59 Å². The summed E-state index contributed by atoms with van der Waals surface area (Å²) in [7, 11) is 0. The van der Waals surface area contributed by atoms with Crippen molar-refractivity contribution < 1.29 is 23.9 Å². The van der Waals surface area contributed by atoms with E-state index in [1.165, 1.54) is 11.8 Å². The monoisotopic (exact) mass is 645 g/mol. The third-order valence-corrected chi connectivity index (χ3v) is 10.7. The third kappa shape index (κ3) is 6.86. The zero-order valence-corrected chi connectivity index (χ0v) is 27.4. The number of benzene rings is 3. The van der Waals surface area contributed by atoms with Gasteiger partial charge in [-0.25, -0.2) is 4.79 Å². The Kier molecular flexibility index (Phi) is 9.69. The normalized spacial score (nSPS) is 22.5. The number of carbonyl (C=O) groups is 3. The highest BCUT2D eigenvalue weighted by Gasteiger charge is 2.39. The Labute approximate surface area is 274 Å². The molecule has 0 heterocycles. The van der Waals surface area contributed by atoms with Gasteiger partial charge in [0, 0.05) is 39.0 Å². The average Bonchev–Trinajstić information content (AvgIpc) is 3.03. The summed E-state index contributed by atoms with van der Waals surface area (Å²) in [5.74, 6) is 1.11. The molecule has 3 aliphatic carbocycles. The summed E-state index contributed by atoms with van der Waals surface area (Å²) in [6.45, 7) is 5.15. The Morgan fingerprint density at radius 1 is 0.911 bits per heavy atom. The van der Waals surface area contributed by atoms with E-state index < -0.39 is 5.97 Å². The predicted octanol–water partition coefficient (Wildman–Crippen LogP) is 8.20. The molecule has 0 aromatic heterocycles. The number of anilines is 1. The van der Waals surface area contributed by atoms with E-state index in [2.05, 4.69) is 13.8 Å². The van der Waals surface area contributed by atoms with Crippen molar-refractivity contribution in [2.45, 2.75) is 75.9 Å². The summed E-state index contributed by atoms with van der Waals surface area (Å²) in [4.78, 5) is 41.9. The molecule has 8 heteroatoms. The number of esters is 1. The van der Waals surface area contributed by atoms with Gasteiger partial charge in [-0.2, -0.15) is 0 Å². The molecule has 4 unspecified atom stereocenters. The summed E-state index contributed by atoms with van der Waals surface area (Å²) in [5.41, 5.74) is 8.87. The van der Waals surface area contributed by atoms with Gasteiger partial charge in [-0.05, 0) is 86.5 Å². The first kappa shape index (κ1) is 31.8. The minimum atomic E-state index is -0.536. The smallest absolute Gasteiger partial charge is 0.340 e. The Hall–Kier alpha value is -3.13. The van der Waals surface area contributed by atoms with Crippen LogP contribution in [0.15, 0.2) is 59.5 Å². The maximum absolute atomic E-state index is 13.8. The van der Waals surface area contributed by atoms with Crippen molar-refractivity contribution in [1.82, 2.24) is 0 Å². The van der Waals surface area contributed by atoms with E-state index >= 15 is 0 Å². The number of nitrogens with two attached hydrogens (primary N) is 1. The zero-order chi connectivity index (χ0) is 31.7. The molecule has 6 rings (SSSR count). The average molecular weight is 646 g/mol. The number of thioether (sulfide) groups is 1. The molecule has 2 saturated carbocycles. The molecular weight excluding hydrogens is 606 g/mol. The van der Waals surface area contributed by atoms with Crippen LogP contribution in [0.2, 0.25) is 5.02 Å². The molecule has 4 atom stereocenters. The van der Waals surface area contributed by atoms with Crippen molar-refractivity contribution in [3.63, 3.8) is 0 Å². The predicted molar refractivity (Wildman–Crippen MR) is 179 cm³/mol. The van der Waals surface area contributed by atoms with Crippen LogP contribution >= 0.6 is 23.4 Å². The second-order valence-corrected chi connectivity index (χ2v) is 14.6. The van der Waals surface area contributed by atoms with E-state index in [0.29, 0.717) is 57.1 Å². The number of hydrogen-bond donors (Lipinski definition) is 1. The van der Waals surface area contributed by atoms with Crippen LogP contribution in [-0.4, -0.2) is 42.1 Å². The molecule has 0 aliphatic heterocycles. The van der Waals surface area contributed by atoms with Crippen LogP contribution in [0.3, 0.4) is 0 Å². The van der Waals surface area contributed by atoms with Gasteiger partial charge >= 0.3 is 5.97 Å². The maximum Gasteiger partial charge on any atom is 0.340 e. The zero-order valence-electron chi connectivity index (χ0n) is 25.9. The van der Waals surface area contributed by atoms with E-state index in [4.69, 9.17) is 26.8 Å². The van der Waals surface area contributed by atoms with Gasteiger partial charge in [0.2, 0.25) is 0 Å². The molecule has 0 bridgehead atoms. The fourth-order valence-electron chi connectivity index (χ4n) is 7.10. The van der Waals surface area contributed by atoms with Crippen LogP contribution in [0.4, 0.5) is 5.69 Å². The van der Waals surface area contributed by atoms with E-state index in [0.717, 1.165) is 50.7 Å². The van der Waals surface area contributed by atoms with Crippen molar-refractivity contribution >= 4 is 46.6 Å². The van der Waals surface area contributed by atoms with Gasteiger partial charge < -0.3 is 15.2 Å². The summed E-state index contributed by atoms with van der Waals surface area (Å²) < 4.78 is 12.3. The molecular formula is C37H40ClNO5S. The lowest BCUT2D eigenvalue weighted by Crippen LogP contribution is -2.37. The first-order valence-electron chi connectivity index (χ1n) is 16.0. The minimum absolute atomic E-state index is 0.0152. The van der Waals surface area contributed by atoms with Crippen LogP contribution in [0.25, 0.3) is 0 Å². The lowest BCUT2D eigenvalue weighted by molar-refractivity contribution is -0.0454. The number of aryl methyl sites for hydroxylation is 1. The van der Waals surface area contributed by atoms with Crippen LogP contribution < -0.4 is 5.73 Å². The highest BCUT2D eigenvalue weighted by atomic mass is 35.5. The minimum Gasteiger partial charge on any atom is -0.459 e. The van der Waals surface area contributed by atoms with Crippen LogP contribution in [0.1, 0.15) is 100 Å². The molecule has 3 aliphatic rings. The third-order valence-electron chi connectivity index (χ3n) is 9.44. The number of fused-ring (bicyclic) bond motifs is 3. The molecule has 3 aromatic rings. The number of rotatable bonds is 9. The van der Waals surface area contributed by atoms with Crippen molar-refractivity contribution in [1.29, 1.82) is 0 Å². The van der Waals surface area contributed by atoms with Crippen molar-refractivity contribution in [3.05, 3.63) is 93.0 Å². The number of nitrogen functional groups attached to an aromatic ring is 1. The van der Waals surface area contributed by atoms with E-state index in [-0.39, 0.29) is 40.0 Å². The van der Waals surface area contributed by atoms with Gasteiger partial charge in [0.25, 0.3) is 0 Å². The van der Waals surface area contributed by atoms with Crippen molar-refractivity contribution in [2.75, 3.05) is 18.1 Å². The molecule has 0 radical (unpaired) electrons. The molecule has 2 fully saturated rings. The van der Waals surface area contributed by atoms with Gasteiger partial charge in [-0.1, -0.05) is 61.8 Å². The van der Waals surface area contributed by atoms with Crippen LogP contribution in [0, 0.1) is 17.8 Å². The second kappa shape index (κ2) is 13.7. The number of ketones is 2. The number of carbonyl (C=O) groups excluding carboxylic acids is 3. The van der Waals surface area contributed by atoms with Crippen molar-refractivity contribution in [3.8, 4) is 0 Å². The Balaban J connectivity index is 1.22. The number of hydrogen-bond acceptors (Lipinski definition) is 7. The SMILES string of the molecule is CC(C)COC1CCC2CC(OC(=O)c3cc(SCCc4ccc(Cl)cc4)c4c(c3N)C(=O)c3ccccc3C4=O)CCC2C1. The molecule has 45 heavy (non-hydrogen) atoms. The van der Waals surface area contributed by atoms with Gasteiger partial charge in [0.15, 0.2) is 11.6 Å². The molecule has 6 nitrogen and oxygen atoms in total. The van der Waals surface area contributed by atoms with Gasteiger partial charge in [0.05, 0.1) is 22.9 Å². The molecule has 0 amide bonds. The largest absolute Gasteiger partial charge is 0.459 e. The molecule has 0 saturated heterocycles. The fraction of sp³-hybridized carbons (Fsp3) is 0.432. The maximum atomic E-state index is 13.8. The highest BCUT2D eigenvalue weighted by Crippen LogP contribution is 2.43. The van der Waals surface area contributed by atoms with E-state index in [1.807, 2.05) is 24.3 Å². The Morgan fingerprint density at radius 2 is 1.53 bits per heavy atom. The quantitative estimate of drug-likeness (QED) is 0.111. The van der Waals surface area contributed by atoms with Crippen molar-refractivity contribution in [2.24, 2.45) is 17.8 Å². The summed E-state index contributed by atoms with van der Waals surface area (Å²) >= 11 is 7.49. The lowest BCUT2D eigenvalue weighted by atomic mass is 9.69. The standard InChI is InChI=1S/C37H40ClNO5S/c1-21(2)20-43-26-13-9-24-18-27(14-10-23(24)17-26)44-37(42)30-19-31(45-16-15-22-7-11-25(38)12-8-22)32-33(34(30)39)36(41)29-6-4-3-5-28(29)35(32)40/h3-8,11-12,19,21,23-24,26-27H,9-10,13-18,20,39H2,1-2H3. The van der Waals surface area contributed by atoms with Gasteiger partial charge in [0.1, 0.15) is 6.10 Å². The summed E-state index contributed by atoms with van der Waals surface area (Å²) in [6, 6.07) is 16.1. The molecule has 0 spiro atoms. The number of halogens is 1. The molecule has 3 aromatic carbocycles. The highest BCUT2D eigenvalue weighted by molar-refractivity contribution is 7.99. The first-order chi connectivity index (χ1) is 21.7. The Bertz CT molecular complexity index is 1600. The van der Waals surface area contributed by atoms with Gasteiger partial charge in [-0.15, -0.1) is 11.8 Å². The van der Waals surface area contributed by atoms with Crippen LogP contribution in [0.5, 0.6) is 0 Å². The molecule has 2 N–H and O–H groups in total. The lowest BCUT2D eigenvalue weighted by Gasteiger charge is -2.41. The van der Waals surface area contributed by atoms with E-state index in [9.17, 15) is 14.4 Å². The first-order valence-corrected chi connectivity index (χ1v) is 17.4. The summed E-state index contributed by atoms with van der Waals surface area (Å²) in [5, 5.41) is 0.668.